The first-order chi connectivity index (χ1) is 8.61. The van der Waals surface area contributed by atoms with E-state index in [4.69, 9.17) is 23.7 Å². The van der Waals surface area contributed by atoms with Gasteiger partial charge in [-0.15, -0.1) is 0 Å². The summed E-state index contributed by atoms with van der Waals surface area (Å²) >= 11 is 0. The first kappa shape index (κ1) is 15.0. The summed E-state index contributed by atoms with van der Waals surface area (Å²) in [6.07, 6.45) is 0.728. The number of hydrogen-bond donors (Lipinski definition) is 1. The van der Waals surface area contributed by atoms with Crippen molar-refractivity contribution in [1.29, 1.82) is 0 Å². The highest BCUT2D eigenvalue weighted by Gasteiger charge is 2.48. The quantitative estimate of drug-likeness (QED) is 0.605. The highest BCUT2D eigenvalue weighted by molar-refractivity contribution is 6.62. The molecule has 102 valence electrons. The molecule has 2 N–H and O–H groups in total. The Morgan fingerprint density at radius 1 is 1.06 bits per heavy atom. The van der Waals surface area contributed by atoms with Crippen LogP contribution in [0.1, 0.15) is 13.3 Å². The molecule has 0 aliphatic carbocycles. The Hall–Kier alpha value is -1.08. The lowest BCUT2D eigenvalue weighted by atomic mass is 10.3. The van der Waals surface area contributed by atoms with Gasteiger partial charge in [-0.1, -0.05) is 6.92 Å². The normalized spacial score (nSPS) is 13.3. The standard InChI is InChI=1S/C12H21NO4Si/c1-5-12(18(14-2,15-3)16-4)17-11-8-6-10(13)7-9-11/h6-9,12H,5,13H2,1-4H3. The fraction of sp³-hybridized carbons (Fsp3) is 0.500. The largest absolute Gasteiger partial charge is 0.543 e. The summed E-state index contributed by atoms with van der Waals surface area (Å²) in [6, 6.07) is 7.21. The Morgan fingerprint density at radius 3 is 1.94 bits per heavy atom. The molecule has 1 atom stereocenters. The van der Waals surface area contributed by atoms with Crippen LogP contribution in [-0.4, -0.2) is 35.9 Å². The Morgan fingerprint density at radius 2 is 1.56 bits per heavy atom. The van der Waals surface area contributed by atoms with Gasteiger partial charge in [0.1, 0.15) is 5.75 Å². The molecule has 0 radical (unpaired) electrons. The lowest BCUT2D eigenvalue weighted by Gasteiger charge is -2.31. The van der Waals surface area contributed by atoms with E-state index in [1.807, 2.05) is 19.1 Å². The van der Waals surface area contributed by atoms with Crippen molar-refractivity contribution in [2.24, 2.45) is 0 Å². The van der Waals surface area contributed by atoms with Crippen LogP contribution in [0.5, 0.6) is 5.75 Å². The minimum absolute atomic E-state index is 0.249. The number of hydrogen-bond acceptors (Lipinski definition) is 5. The van der Waals surface area contributed by atoms with Gasteiger partial charge in [-0.05, 0) is 30.7 Å². The van der Waals surface area contributed by atoms with Crippen LogP contribution in [0.25, 0.3) is 0 Å². The average Bonchev–Trinajstić information content (AvgIpc) is 2.42. The second-order valence-corrected chi connectivity index (χ2v) is 6.88. The van der Waals surface area contributed by atoms with Crippen molar-refractivity contribution in [3.63, 3.8) is 0 Å². The molecule has 1 aromatic carbocycles. The molecule has 6 heteroatoms. The van der Waals surface area contributed by atoms with Crippen LogP contribution in [-0.2, 0) is 13.3 Å². The summed E-state index contributed by atoms with van der Waals surface area (Å²) in [7, 11) is 1.94. The summed E-state index contributed by atoms with van der Waals surface area (Å²) in [4.78, 5) is 0. The Kier molecular flexibility index (Phi) is 5.61. The molecule has 0 amide bonds. The van der Waals surface area contributed by atoms with Crippen LogP contribution in [0, 0.1) is 0 Å². The van der Waals surface area contributed by atoms with E-state index < -0.39 is 8.80 Å². The molecular weight excluding hydrogens is 250 g/mol. The fourth-order valence-corrected chi connectivity index (χ4v) is 3.83. The predicted molar refractivity (Wildman–Crippen MR) is 72.3 cm³/mol. The second-order valence-electron chi connectivity index (χ2n) is 3.80. The first-order valence-electron chi connectivity index (χ1n) is 5.79. The minimum atomic E-state index is -2.80. The summed E-state index contributed by atoms with van der Waals surface area (Å²) < 4.78 is 22.2. The zero-order valence-corrected chi connectivity index (χ0v) is 12.3. The Labute approximate surface area is 109 Å². The van der Waals surface area contributed by atoms with E-state index in [1.165, 1.54) is 0 Å². The monoisotopic (exact) mass is 271 g/mol. The van der Waals surface area contributed by atoms with Crippen molar-refractivity contribution in [3.05, 3.63) is 24.3 Å². The highest BCUT2D eigenvalue weighted by Crippen LogP contribution is 2.22. The number of benzene rings is 1. The maximum absolute atomic E-state index is 5.89. The van der Waals surface area contributed by atoms with Gasteiger partial charge >= 0.3 is 8.80 Å². The van der Waals surface area contributed by atoms with Gasteiger partial charge in [-0.2, -0.15) is 0 Å². The molecular formula is C12H21NO4Si. The number of rotatable bonds is 7. The SMILES string of the molecule is CCC(Oc1ccc(N)cc1)[Si](OC)(OC)OC. The van der Waals surface area contributed by atoms with E-state index in [0.29, 0.717) is 5.69 Å². The van der Waals surface area contributed by atoms with Crippen LogP contribution in [0.15, 0.2) is 24.3 Å². The summed E-state index contributed by atoms with van der Waals surface area (Å²) in [5, 5.41) is 0. The second kappa shape index (κ2) is 6.74. The van der Waals surface area contributed by atoms with E-state index >= 15 is 0 Å². The van der Waals surface area contributed by atoms with E-state index in [1.54, 1.807) is 33.5 Å². The number of nitrogens with two attached hydrogens (primary N) is 1. The molecule has 1 aromatic rings. The molecule has 0 aromatic heterocycles. The van der Waals surface area contributed by atoms with Gasteiger partial charge in [-0.25, -0.2) is 0 Å². The third-order valence-electron chi connectivity index (χ3n) is 2.78. The summed E-state index contributed by atoms with van der Waals surface area (Å²) in [5.41, 5.74) is 6.08. The molecule has 5 nitrogen and oxygen atoms in total. The Balaban J connectivity index is 2.86. The summed E-state index contributed by atoms with van der Waals surface area (Å²) in [5.74, 6) is 0.721. The molecule has 0 saturated heterocycles. The molecule has 1 rings (SSSR count). The van der Waals surface area contributed by atoms with E-state index in [9.17, 15) is 0 Å². The molecule has 0 heterocycles. The van der Waals surface area contributed by atoms with Gasteiger partial charge in [0.25, 0.3) is 0 Å². The maximum atomic E-state index is 5.89. The van der Waals surface area contributed by atoms with Crippen molar-refractivity contribution in [3.8, 4) is 5.75 Å². The van der Waals surface area contributed by atoms with Crippen LogP contribution >= 0.6 is 0 Å². The molecule has 1 unspecified atom stereocenters. The predicted octanol–water partition coefficient (Wildman–Crippen LogP) is 1.84. The first-order valence-corrected chi connectivity index (χ1v) is 7.59. The fourth-order valence-electron chi connectivity index (χ4n) is 1.76. The summed E-state index contributed by atoms with van der Waals surface area (Å²) in [6.45, 7) is 2.00. The van der Waals surface area contributed by atoms with Crippen molar-refractivity contribution in [2.45, 2.75) is 19.1 Å². The van der Waals surface area contributed by atoms with Gasteiger partial charge in [0.15, 0.2) is 5.73 Å². The van der Waals surface area contributed by atoms with E-state index in [0.717, 1.165) is 12.2 Å². The van der Waals surface area contributed by atoms with E-state index in [2.05, 4.69) is 0 Å². The van der Waals surface area contributed by atoms with Crippen LogP contribution < -0.4 is 10.5 Å². The van der Waals surface area contributed by atoms with Crippen LogP contribution in [0.4, 0.5) is 5.69 Å². The zero-order chi connectivity index (χ0) is 13.6. The smallest absolute Gasteiger partial charge is 0.486 e. The average molecular weight is 271 g/mol. The van der Waals surface area contributed by atoms with Crippen LogP contribution in [0.2, 0.25) is 0 Å². The molecule has 0 fully saturated rings. The van der Waals surface area contributed by atoms with Gasteiger partial charge in [0.05, 0.1) is 0 Å². The van der Waals surface area contributed by atoms with Crippen molar-refractivity contribution in [1.82, 2.24) is 0 Å². The highest BCUT2D eigenvalue weighted by atomic mass is 28.4. The molecule has 0 aliphatic heterocycles. The number of nitrogen functional groups attached to an aromatic ring is 1. The number of ether oxygens (including phenoxy) is 1. The Bertz CT molecular complexity index is 345. The van der Waals surface area contributed by atoms with Crippen molar-refractivity contribution < 1.29 is 18.0 Å². The topological polar surface area (TPSA) is 62.9 Å². The molecule has 18 heavy (non-hydrogen) atoms. The molecule has 0 aliphatic rings. The lowest BCUT2D eigenvalue weighted by molar-refractivity contribution is 0.0666. The van der Waals surface area contributed by atoms with Crippen molar-refractivity contribution in [2.75, 3.05) is 27.1 Å². The molecule has 0 spiro atoms. The lowest BCUT2D eigenvalue weighted by Crippen LogP contribution is -2.56. The van der Waals surface area contributed by atoms with Crippen molar-refractivity contribution >= 4 is 14.5 Å². The molecule has 0 bridgehead atoms. The zero-order valence-electron chi connectivity index (χ0n) is 11.3. The third kappa shape index (κ3) is 3.23. The van der Waals surface area contributed by atoms with Gasteiger partial charge < -0.3 is 23.7 Å². The van der Waals surface area contributed by atoms with Gasteiger partial charge in [0, 0.05) is 27.0 Å². The van der Waals surface area contributed by atoms with Crippen LogP contribution in [0.3, 0.4) is 0 Å². The maximum Gasteiger partial charge on any atom is 0.543 e. The van der Waals surface area contributed by atoms with E-state index in [-0.39, 0.29) is 5.73 Å². The molecule has 0 saturated carbocycles. The third-order valence-corrected chi connectivity index (χ3v) is 5.80. The number of anilines is 1. The minimum Gasteiger partial charge on any atom is -0.486 e. The van der Waals surface area contributed by atoms with Gasteiger partial charge in [-0.3, -0.25) is 0 Å². The van der Waals surface area contributed by atoms with Gasteiger partial charge in [0.2, 0.25) is 0 Å².